The second-order valence-corrected chi connectivity index (χ2v) is 4.35. The summed E-state index contributed by atoms with van der Waals surface area (Å²) < 4.78 is 5.01. The van der Waals surface area contributed by atoms with Gasteiger partial charge in [-0.2, -0.15) is 0 Å². The standard InChI is InChI=1S/C8H9IN2O5S/c9-1-3-5(10)6(13)11(3)7(8(14)15)16-4(12)2-17/h2-3,5,7H,1,10H2,(H,14,15)/t3-,5+,7?/m1/s1. The molecule has 0 spiro atoms. The zero-order valence-corrected chi connectivity index (χ0v) is 11.4. The van der Waals surface area contributed by atoms with Gasteiger partial charge < -0.3 is 15.6 Å². The van der Waals surface area contributed by atoms with E-state index in [0.717, 1.165) is 4.90 Å². The van der Waals surface area contributed by atoms with Crippen LogP contribution in [0.1, 0.15) is 0 Å². The third-order valence-electron chi connectivity index (χ3n) is 2.26. The summed E-state index contributed by atoms with van der Waals surface area (Å²) in [4.78, 5) is 34.3. The summed E-state index contributed by atoms with van der Waals surface area (Å²) in [5.41, 5.74) is 5.51. The first-order valence-electron chi connectivity index (χ1n) is 4.46. The number of alkyl halides is 1. The number of carbonyl (C=O) groups is 3. The predicted octanol–water partition coefficient (Wildman–Crippen LogP) is -1.09. The molecule has 0 radical (unpaired) electrons. The maximum atomic E-state index is 11.5. The molecule has 1 unspecified atom stereocenters. The molecule has 0 aliphatic carbocycles. The molecule has 0 saturated carbocycles. The highest BCUT2D eigenvalue weighted by Crippen LogP contribution is 2.24. The maximum absolute atomic E-state index is 11.5. The van der Waals surface area contributed by atoms with Crippen LogP contribution < -0.4 is 5.73 Å². The van der Waals surface area contributed by atoms with Gasteiger partial charge in [0.15, 0.2) is 0 Å². The van der Waals surface area contributed by atoms with Gasteiger partial charge in [-0.1, -0.05) is 34.8 Å². The Morgan fingerprint density at radius 3 is 2.71 bits per heavy atom. The minimum Gasteiger partial charge on any atom is -0.477 e. The number of halogens is 1. The van der Waals surface area contributed by atoms with Gasteiger partial charge in [-0.05, 0) is 0 Å². The number of nitrogens with two attached hydrogens (primary N) is 1. The highest BCUT2D eigenvalue weighted by molar-refractivity contribution is 14.1. The monoisotopic (exact) mass is 372 g/mol. The number of amides is 1. The zero-order valence-electron chi connectivity index (χ0n) is 8.41. The first kappa shape index (κ1) is 14.3. The van der Waals surface area contributed by atoms with Crippen molar-refractivity contribution in [2.24, 2.45) is 5.73 Å². The van der Waals surface area contributed by atoms with E-state index in [1.807, 2.05) is 22.6 Å². The third-order valence-corrected chi connectivity index (χ3v) is 3.35. The van der Waals surface area contributed by atoms with Crippen LogP contribution in [-0.4, -0.2) is 56.0 Å². The van der Waals surface area contributed by atoms with Gasteiger partial charge in [-0.3, -0.25) is 9.69 Å². The lowest BCUT2D eigenvalue weighted by atomic mass is 9.97. The Labute approximate surface area is 115 Å². The van der Waals surface area contributed by atoms with Crippen LogP contribution in [0.25, 0.3) is 0 Å². The number of carbonyl (C=O) groups excluding carboxylic acids is 2. The number of rotatable bonds is 5. The molecule has 1 aliphatic rings. The van der Waals surface area contributed by atoms with E-state index >= 15 is 0 Å². The molecule has 3 atom stereocenters. The Hall–Kier alpha value is -0.810. The lowest BCUT2D eigenvalue weighted by Gasteiger charge is -2.46. The maximum Gasteiger partial charge on any atom is 0.367 e. The molecule has 0 aromatic rings. The average Bonchev–Trinajstić information content (AvgIpc) is 2.31. The van der Waals surface area contributed by atoms with Gasteiger partial charge >= 0.3 is 11.9 Å². The van der Waals surface area contributed by atoms with Crippen LogP contribution in [-0.2, 0) is 19.1 Å². The summed E-state index contributed by atoms with van der Waals surface area (Å²) >= 11 is 6.28. The fourth-order valence-corrected chi connectivity index (χ4v) is 2.44. The molecule has 9 heteroatoms. The van der Waals surface area contributed by atoms with Crippen molar-refractivity contribution in [1.29, 1.82) is 0 Å². The zero-order chi connectivity index (χ0) is 13.2. The Bertz CT molecular complexity index is 377. The van der Waals surface area contributed by atoms with Crippen molar-refractivity contribution in [3.63, 3.8) is 0 Å². The van der Waals surface area contributed by atoms with E-state index in [9.17, 15) is 14.4 Å². The number of carboxylic acids is 1. The lowest BCUT2D eigenvalue weighted by Crippen LogP contribution is -2.73. The number of esters is 1. The van der Waals surface area contributed by atoms with Crippen molar-refractivity contribution in [2.45, 2.75) is 18.3 Å². The highest BCUT2D eigenvalue weighted by atomic mass is 127. The Kier molecular flexibility index (Phi) is 4.77. The molecule has 94 valence electrons. The summed E-state index contributed by atoms with van der Waals surface area (Å²) in [7, 11) is 0. The molecule has 3 N–H and O–H groups in total. The quantitative estimate of drug-likeness (QED) is 0.208. The van der Waals surface area contributed by atoms with Gasteiger partial charge in [0, 0.05) is 4.43 Å². The Morgan fingerprint density at radius 1 is 1.71 bits per heavy atom. The number of β-lactam (4-membered cyclic amide) rings is 1. The summed E-state index contributed by atoms with van der Waals surface area (Å²) in [6, 6.07) is -1.21. The molecule has 17 heavy (non-hydrogen) atoms. The van der Waals surface area contributed by atoms with Crippen molar-refractivity contribution in [3.05, 3.63) is 0 Å². The van der Waals surface area contributed by atoms with Crippen molar-refractivity contribution in [1.82, 2.24) is 4.90 Å². The molecule has 1 rings (SSSR count). The van der Waals surface area contributed by atoms with Gasteiger partial charge in [-0.15, -0.1) is 0 Å². The molecule has 1 saturated heterocycles. The van der Waals surface area contributed by atoms with E-state index in [4.69, 9.17) is 10.8 Å². The van der Waals surface area contributed by atoms with Crippen LogP contribution in [0.4, 0.5) is 0 Å². The molecule has 1 fully saturated rings. The summed E-state index contributed by atoms with van der Waals surface area (Å²) in [6.45, 7) is 0. The van der Waals surface area contributed by atoms with E-state index < -0.39 is 36.2 Å². The molecular formula is C8H9IN2O5S. The topological polar surface area (TPSA) is 110 Å². The molecule has 7 nitrogen and oxygen atoms in total. The van der Waals surface area contributed by atoms with Gasteiger partial charge in [0.05, 0.1) is 11.4 Å². The fraction of sp³-hybridized carbons (Fsp3) is 0.500. The second kappa shape index (κ2) is 5.69. The number of hydrogen-bond acceptors (Lipinski definition) is 6. The van der Waals surface area contributed by atoms with Gasteiger partial charge in [-0.25, -0.2) is 9.59 Å². The Morgan fingerprint density at radius 2 is 2.29 bits per heavy atom. The van der Waals surface area contributed by atoms with Crippen molar-refractivity contribution in [3.8, 4) is 0 Å². The van der Waals surface area contributed by atoms with E-state index in [1.54, 1.807) is 0 Å². The first-order chi connectivity index (χ1) is 7.93. The first-order valence-corrected chi connectivity index (χ1v) is 6.46. The predicted molar refractivity (Wildman–Crippen MR) is 68.7 cm³/mol. The largest absolute Gasteiger partial charge is 0.477 e. The summed E-state index contributed by atoms with van der Waals surface area (Å²) in [5.74, 6) is -2.98. The molecule has 1 amide bonds. The minimum atomic E-state index is -1.67. The molecule has 1 heterocycles. The number of aliphatic carboxylic acids is 1. The van der Waals surface area contributed by atoms with Crippen molar-refractivity contribution < 1.29 is 24.2 Å². The number of likely N-dealkylation sites (tertiary alicyclic amines) is 1. The second-order valence-electron chi connectivity index (χ2n) is 3.24. The molecule has 0 bridgehead atoms. The number of hydrogen-bond donors (Lipinski definition) is 2. The smallest absolute Gasteiger partial charge is 0.367 e. The van der Waals surface area contributed by atoms with E-state index in [0.29, 0.717) is 9.80 Å². The Balaban J connectivity index is 2.84. The number of ether oxygens (including phenoxy) is 1. The number of nitrogens with zero attached hydrogens (tertiary/aromatic N) is 1. The van der Waals surface area contributed by atoms with Gasteiger partial charge in [0.1, 0.15) is 6.04 Å². The van der Waals surface area contributed by atoms with Crippen LogP contribution in [0.15, 0.2) is 0 Å². The van der Waals surface area contributed by atoms with Gasteiger partial charge in [0.25, 0.3) is 6.23 Å². The lowest BCUT2D eigenvalue weighted by molar-refractivity contribution is -0.190. The minimum absolute atomic E-state index is 0.448. The van der Waals surface area contributed by atoms with Crippen molar-refractivity contribution >= 4 is 58.0 Å². The van der Waals surface area contributed by atoms with Crippen LogP contribution in [0, 0.1) is 0 Å². The normalized spacial score (nSPS) is 24.8. The van der Waals surface area contributed by atoms with Crippen LogP contribution in [0.3, 0.4) is 0 Å². The number of carboxylic acid groups (broad SMARTS) is 1. The molecule has 1 aliphatic heterocycles. The SMILES string of the molecule is N[C@@H]1C(=O)N(C(OC(=O)C=S)C(=O)O)[C@@H]1CI. The number of thiocarbonyl (C=S) groups is 1. The van der Waals surface area contributed by atoms with E-state index in [1.165, 1.54) is 0 Å². The van der Waals surface area contributed by atoms with Crippen LogP contribution in [0.2, 0.25) is 0 Å². The molecular weight excluding hydrogens is 363 g/mol. The van der Waals surface area contributed by atoms with Crippen LogP contribution >= 0.6 is 34.8 Å². The van der Waals surface area contributed by atoms with E-state index in [-0.39, 0.29) is 0 Å². The summed E-state index contributed by atoms with van der Waals surface area (Å²) in [5, 5.41) is 9.57. The molecule has 0 aromatic heterocycles. The average molecular weight is 372 g/mol. The van der Waals surface area contributed by atoms with Crippen molar-refractivity contribution in [2.75, 3.05) is 4.43 Å². The summed E-state index contributed by atoms with van der Waals surface area (Å²) in [6.07, 6.45) is -1.67. The van der Waals surface area contributed by atoms with E-state index in [2.05, 4.69) is 17.0 Å². The third kappa shape index (κ3) is 2.72. The highest BCUT2D eigenvalue weighted by Gasteiger charge is 2.51. The fourth-order valence-electron chi connectivity index (χ4n) is 1.41. The molecule has 0 aromatic carbocycles. The van der Waals surface area contributed by atoms with Gasteiger partial charge in [0.2, 0.25) is 5.91 Å². The van der Waals surface area contributed by atoms with Crippen LogP contribution in [0.5, 0.6) is 0 Å².